The second-order valence-electron chi connectivity index (χ2n) is 4.16. The van der Waals surface area contributed by atoms with E-state index in [9.17, 15) is 13.2 Å². The van der Waals surface area contributed by atoms with Crippen molar-refractivity contribution >= 4 is 27.3 Å². The molecular weight excluding hydrogens is 316 g/mol. The highest BCUT2D eigenvalue weighted by molar-refractivity contribution is 7.90. The summed E-state index contributed by atoms with van der Waals surface area (Å²) in [5.41, 5.74) is 0.660. The lowest BCUT2D eigenvalue weighted by atomic mass is 10.2. The molecule has 110 valence electrons. The molecule has 0 bridgehead atoms. The molecule has 7 nitrogen and oxygen atoms in total. The topological polar surface area (TPSA) is 102 Å². The van der Waals surface area contributed by atoms with E-state index in [1.54, 1.807) is 24.5 Å². The van der Waals surface area contributed by atoms with Gasteiger partial charge in [-0.15, -0.1) is 0 Å². The van der Waals surface area contributed by atoms with Gasteiger partial charge in [-0.25, -0.2) is 18.4 Å². The molecule has 2 heterocycles. The molecule has 9 heteroatoms. The van der Waals surface area contributed by atoms with Crippen LogP contribution in [0.5, 0.6) is 0 Å². The van der Waals surface area contributed by atoms with Gasteiger partial charge in [-0.1, -0.05) is 11.6 Å². The first-order chi connectivity index (χ1) is 9.88. The molecule has 0 atom stereocenters. The standard InChI is InChI=1S/C12H11ClN4O3S/c1-21(19,20)12-16-7-9(13)10(17-12)11(18)15-6-8-2-4-14-5-3-8/h2-5,7H,6H2,1H3,(H,15,18). The second kappa shape index (κ2) is 6.15. The fraction of sp³-hybridized carbons (Fsp3) is 0.167. The van der Waals surface area contributed by atoms with Gasteiger partial charge in [0.05, 0.1) is 11.2 Å². The van der Waals surface area contributed by atoms with Crippen LogP contribution < -0.4 is 5.32 Å². The predicted octanol–water partition coefficient (Wildman–Crippen LogP) is 0.859. The van der Waals surface area contributed by atoms with Crippen molar-refractivity contribution in [1.82, 2.24) is 20.3 Å². The van der Waals surface area contributed by atoms with Crippen molar-refractivity contribution in [3.63, 3.8) is 0 Å². The molecule has 1 amide bonds. The quantitative estimate of drug-likeness (QED) is 0.836. The molecule has 2 rings (SSSR count). The molecule has 0 unspecified atom stereocenters. The van der Waals surface area contributed by atoms with Crippen LogP contribution in [0.3, 0.4) is 0 Å². The molecule has 2 aromatic rings. The smallest absolute Gasteiger partial charge is 0.271 e. The van der Waals surface area contributed by atoms with Gasteiger partial charge in [0, 0.05) is 25.2 Å². The Morgan fingerprint density at radius 1 is 1.33 bits per heavy atom. The number of carbonyl (C=O) groups is 1. The van der Waals surface area contributed by atoms with Gasteiger partial charge in [-0.3, -0.25) is 9.78 Å². The highest BCUT2D eigenvalue weighted by Crippen LogP contribution is 2.14. The zero-order valence-corrected chi connectivity index (χ0v) is 12.5. The van der Waals surface area contributed by atoms with Gasteiger partial charge in [-0.2, -0.15) is 0 Å². The van der Waals surface area contributed by atoms with Crippen LogP contribution in [0.4, 0.5) is 0 Å². The van der Waals surface area contributed by atoms with Crippen LogP contribution in [-0.2, 0) is 16.4 Å². The molecular formula is C12H11ClN4O3S. The van der Waals surface area contributed by atoms with E-state index in [4.69, 9.17) is 11.6 Å². The summed E-state index contributed by atoms with van der Waals surface area (Å²) in [6.07, 6.45) is 5.24. The van der Waals surface area contributed by atoms with Crippen molar-refractivity contribution in [2.75, 3.05) is 6.26 Å². The third kappa shape index (κ3) is 3.96. The first kappa shape index (κ1) is 15.3. The summed E-state index contributed by atoms with van der Waals surface area (Å²) in [5, 5.41) is 2.14. The van der Waals surface area contributed by atoms with Gasteiger partial charge in [-0.05, 0) is 17.7 Å². The minimum absolute atomic E-state index is 0.0189. The molecule has 2 aromatic heterocycles. The van der Waals surface area contributed by atoms with Crippen LogP contribution in [0, 0.1) is 0 Å². The molecule has 0 spiro atoms. The van der Waals surface area contributed by atoms with E-state index in [0.717, 1.165) is 18.0 Å². The SMILES string of the molecule is CS(=O)(=O)c1ncc(Cl)c(C(=O)NCc2ccncc2)n1. The lowest BCUT2D eigenvalue weighted by molar-refractivity contribution is 0.0945. The summed E-state index contributed by atoms with van der Waals surface area (Å²) in [7, 11) is -3.61. The normalized spacial score (nSPS) is 11.1. The average Bonchev–Trinajstić information content (AvgIpc) is 2.45. The fourth-order valence-corrected chi connectivity index (χ4v) is 2.13. The Bertz CT molecular complexity index is 765. The van der Waals surface area contributed by atoms with E-state index in [-0.39, 0.29) is 17.3 Å². The van der Waals surface area contributed by atoms with Crippen molar-refractivity contribution in [2.45, 2.75) is 11.7 Å². The number of nitrogens with zero attached hydrogens (tertiary/aromatic N) is 3. The Hall–Kier alpha value is -2.06. The first-order valence-corrected chi connectivity index (χ1v) is 8.04. The molecule has 0 saturated heterocycles. The van der Waals surface area contributed by atoms with E-state index >= 15 is 0 Å². The molecule has 21 heavy (non-hydrogen) atoms. The van der Waals surface area contributed by atoms with E-state index in [1.807, 2.05) is 0 Å². The first-order valence-electron chi connectivity index (χ1n) is 5.77. The number of rotatable bonds is 4. The zero-order chi connectivity index (χ0) is 15.5. The maximum atomic E-state index is 12.0. The van der Waals surface area contributed by atoms with Crippen molar-refractivity contribution in [3.8, 4) is 0 Å². The summed E-state index contributed by atoms with van der Waals surface area (Å²) >= 11 is 5.83. The average molecular weight is 327 g/mol. The van der Waals surface area contributed by atoms with E-state index in [0.29, 0.717) is 0 Å². The Morgan fingerprint density at radius 2 is 2.00 bits per heavy atom. The number of nitrogens with one attached hydrogen (secondary N) is 1. The Labute approximate surface area is 126 Å². The molecule has 0 aliphatic heterocycles. The van der Waals surface area contributed by atoms with Crippen LogP contribution in [0.15, 0.2) is 35.9 Å². The van der Waals surface area contributed by atoms with Crippen molar-refractivity contribution < 1.29 is 13.2 Å². The van der Waals surface area contributed by atoms with E-state index in [1.165, 1.54) is 0 Å². The second-order valence-corrected chi connectivity index (χ2v) is 6.48. The number of aromatic nitrogens is 3. The summed E-state index contributed by atoms with van der Waals surface area (Å²) in [6, 6.07) is 3.48. The molecule has 0 aliphatic carbocycles. The highest BCUT2D eigenvalue weighted by atomic mass is 35.5. The van der Waals surface area contributed by atoms with Gasteiger partial charge in [0.2, 0.25) is 15.0 Å². The van der Waals surface area contributed by atoms with Crippen molar-refractivity contribution in [1.29, 1.82) is 0 Å². The number of carbonyl (C=O) groups excluding carboxylic acids is 1. The van der Waals surface area contributed by atoms with E-state index in [2.05, 4.69) is 20.3 Å². The Kier molecular flexibility index (Phi) is 4.49. The highest BCUT2D eigenvalue weighted by Gasteiger charge is 2.18. The van der Waals surface area contributed by atoms with Crippen LogP contribution in [-0.4, -0.2) is 35.5 Å². The van der Waals surface area contributed by atoms with Gasteiger partial charge in [0.1, 0.15) is 0 Å². The number of pyridine rings is 1. The van der Waals surface area contributed by atoms with Crippen LogP contribution in [0.1, 0.15) is 16.1 Å². The van der Waals surface area contributed by atoms with Gasteiger partial charge >= 0.3 is 0 Å². The molecule has 0 radical (unpaired) electrons. The third-order valence-corrected chi connectivity index (χ3v) is 3.61. The molecule has 0 aliphatic rings. The molecule has 0 aromatic carbocycles. The maximum absolute atomic E-state index is 12.0. The van der Waals surface area contributed by atoms with Gasteiger partial charge in [0.15, 0.2) is 5.69 Å². The zero-order valence-electron chi connectivity index (χ0n) is 10.9. The Morgan fingerprint density at radius 3 is 2.62 bits per heavy atom. The third-order valence-electron chi connectivity index (χ3n) is 2.47. The Balaban J connectivity index is 2.19. The fourth-order valence-electron chi connectivity index (χ4n) is 1.46. The summed E-state index contributed by atoms with van der Waals surface area (Å²) in [6.45, 7) is 0.246. The molecule has 0 saturated carbocycles. The predicted molar refractivity (Wildman–Crippen MR) is 75.6 cm³/mol. The lowest BCUT2D eigenvalue weighted by Gasteiger charge is -2.07. The number of hydrogen-bond acceptors (Lipinski definition) is 6. The summed E-state index contributed by atoms with van der Waals surface area (Å²) in [5.74, 6) is -0.580. The number of amides is 1. The maximum Gasteiger partial charge on any atom is 0.271 e. The van der Waals surface area contributed by atoms with E-state index < -0.39 is 20.9 Å². The van der Waals surface area contributed by atoms with Crippen molar-refractivity contribution in [2.24, 2.45) is 0 Å². The monoisotopic (exact) mass is 326 g/mol. The minimum atomic E-state index is -3.61. The van der Waals surface area contributed by atoms with Gasteiger partial charge in [0.25, 0.3) is 5.91 Å². The number of halogens is 1. The van der Waals surface area contributed by atoms with Crippen LogP contribution in [0.2, 0.25) is 5.02 Å². The minimum Gasteiger partial charge on any atom is -0.347 e. The lowest BCUT2D eigenvalue weighted by Crippen LogP contribution is -2.25. The largest absolute Gasteiger partial charge is 0.347 e. The molecule has 1 N–H and O–H groups in total. The van der Waals surface area contributed by atoms with Crippen LogP contribution in [0.25, 0.3) is 0 Å². The summed E-state index contributed by atoms with van der Waals surface area (Å²) < 4.78 is 22.8. The number of sulfone groups is 1. The van der Waals surface area contributed by atoms with Gasteiger partial charge < -0.3 is 5.32 Å². The summed E-state index contributed by atoms with van der Waals surface area (Å²) in [4.78, 5) is 23.2. The van der Waals surface area contributed by atoms with Crippen LogP contribution >= 0.6 is 11.6 Å². The number of hydrogen-bond donors (Lipinski definition) is 1. The van der Waals surface area contributed by atoms with Crippen molar-refractivity contribution in [3.05, 3.63) is 47.0 Å². The molecule has 0 fully saturated rings.